The number of anilines is 1. The van der Waals surface area contributed by atoms with Crippen molar-refractivity contribution in [2.45, 2.75) is 34.2 Å². The van der Waals surface area contributed by atoms with Crippen LogP contribution in [0, 0.1) is 20.8 Å². The van der Waals surface area contributed by atoms with Gasteiger partial charge >= 0.3 is 14.6 Å². The molecule has 0 aliphatic rings. The van der Waals surface area contributed by atoms with Gasteiger partial charge in [0.25, 0.3) is 0 Å². The van der Waals surface area contributed by atoms with Gasteiger partial charge in [0, 0.05) is 18.8 Å². The number of halogens is 1. The van der Waals surface area contributed by atoms with Crippen molar-refractivity contribution in [1.29, 1.82) is 0 Å². The molecule has 0 aromatic carbocycles. The molecule has 11 heteroatoms. The zero-order valence-electron chi connectivity index (χ0n) is 14.6. The molecule has 0 aliphatic carbocycles. The number of carbonyl (C=O) groups is 1. The Balaban J connectivity index is 2.06. The molecule has 0 fully saturated rings. The Labute approximate surface area is 146 Å². The lowest BCUT2D eigenvalue weighted by molar-refractivity contribution is -0.0113. The average Bonchev–Trinajstić information content (AvgIpc) is 2.90. The van der Waals surface area contributed by atoms with Gasteiger partial charge in [0.1, 0.15) is 11.3 Å². The molecule has 2 aromatic rings. The van der Waals surface area contributed by atoms with Crippen LogP contribution in [0.5, 0.6) is 0 Å². The summed E-state index contributed by atoms with van der Waals surface area (Å²) in [4.78, 5) is 20.5. The molecular weight excluding hydrogens is 350 g/mol. The van der Waals surface area contributed by atoms with E-state index >= 15 is 0 Å². The number of imidazole rings is 1. The van der Waals surface area contributed by atoms with Gasteiger partial charge in [0.2, 0.25) is 0 Å². The maximum atomic E-state index is 12.2. The number of nitrogen functional groups attached to an aromatic ring is 1. The van der Waals surface area contributed by atoms with Crippen LogP contribution in [0.2, 0.25) is 0 Å². The van der Waals surface area contributed by atoms with Crippen molar-refractivity contribution in [1.82, 2.24) is 24.9 Å². The van der Waals surface area contributed by atoms with Crippen molar-refractivity contribution >= 4 is 31.4 Å². The molecule has 4 N–H and O–H groups in total. The lowest BCUT2D eigenvalue weighted by Crippen LogP contribution is -2.35. The molecule has 0 spiro atoms. The number of carbonyl (C=O) groups excluding carboxylic acids is 1. The van der Waals surface area contributed by atoms with E-state index in [1.165, 1.54) is 0 Å². The summed E-state index contributed by atoms with van der Waals surface area (Å²) in [6, 6.07) is -0.576. The van der Waals surface area contributed by atoms with E-state index in [9.17, 15) is 9.32 Å². The molecule has 1 unspecified atom stereocenters. The molecule has 2 aromatic heterocycles. The summed E-state index contributed by atoms with van der Waals surface area (Å²) in [6.07, 6.45) is 0. The zero-order chi connectivity index (χ0) is 18.6. The van der Waals surface area contributed by atoms with Crippen LogP contribution in [0.4, 0.5) is 15.1 Å². The lowest BCUT2D eigenvalue weighted by atomic mass is 10.2. The number of aryl methyl sites for hydroxylation is 3. The van der Waals surface area contributed by atoms with Crippen LogP contribution in [-0.4, -0.2) is 33.7 Å². The number of urea groups is 1. The highest BCUT2D eigenvalue weighted by atomic mass is 31.2. The second kappa shape index (κ2) is 8.37. The molecule has 2 rings (SSSR count). The first-order valence-electron chi connectivity index (χ1n) is 7.74. The van der Waals surface area contributed by atoms with Crippen LogP contribution in [-0.2, 0) is 15.8 Å². The van der Waals surface area contributed by atoms with Gasteiger partial charge < -0.3 is 20.1 Å². The first-order valence-corrected chi connectivity index (χ1v) is 8.92. The fourth-order valence-electron chi connectivity index (χ4n) is 2.48. The minimum absolute atomic E-state index is 0.226. The van der Waals surface area contributed by atoms with Gasteiger partial charge in [-0.2, -0.15) is 0 Å². The van der Waals surface area contributed by atoms with E-state index in [2.05, 4.69) is 25.1 Å². The standard InChI is InChI=1S/C14H22FN6O3P/c1-5-23-25(24-15)20-14(22)17-6-7-21-10(4)19-11-12(21)8(2)9(3)18-13(11)16/h5-7H2,1-4H3,(H2,16,18)(H2,17,20,22). The number of hydrogen-bond acceptors (Lipinski definition) is 6. The Hall–Kier alpha value is -2.03. The Bertz CT molecular complexity index is 769. The maximum absolute atomic E-state index is 12.2. The van der Waals surface area contributed by atoms with Crippen LogP contribution in [0.1, 0.15) is 24.0 Å². The molecule has 138 valence electrons. The summed E-state index contributed by atoms with van der Waals surface area (Å²) in [7, 11) is -2.08. The Morgan fingerprint density at radius 2 is 2.08 bits per heavy atom. The predicted octanol–water partition coefficient (Wildman–Crippen LogP) is 2.40. The van der Waals surface area contributed by atoms with Crippen molar-refractivity contribution in [2.75, 3.05) is 18.9 Å². The van der Waals surface area contributed by atoms with Gasteiger partial charge in [-0.1, -0.05) is 0 Å². The van der Waals surface area contributed by atoms with Crippen LogP contribution < -0.4 is 16.1 Å². The van der Waals surface area contributed by atoms with E-state index in [1.54, 1.807) is 6.92 Å². The van der Waals surface area contributed by atoms with Gasteiger partial charge in [-0.15, -0.1) is 4.73 Å². The smallest absolute Gasteiger partial charge is 0.328 e. The number of hydrogen-bond donors (Lipinski definition) is 3. The second-order valence-electron chi connectivity index (χ2n) is 5.33. The summed E-state index contributed by atoms with van der Waals surface area (Å²) in [6.45, 7) is 8.38. The minimum Gasteiger partial charge on any atom is -0.382 e. The van der Waals surface area contributed by atoms with Crippen LogP contribution in [0.25, 0.3) is 11.0 Å². The van der Waals surface area contributed by atoms with Crippen LogP contribution >= 0.6 is 8.53 Å². The third-order valence-corrected chi connectivity index (χ3v) is 4.71. The number of amides is 2. The average molecular weight is 372 g/mol. The molecule has 25 heavy (non-hydrogen) atoms. The number of pyridine rings is 1. The molecule has 0 bridgehead atoms. The second-order valence-corrected chi connectivity index (χ2v) is 6.46. The summed E-state index contributed by atoms with van der Waals surface area (Å²) >= 11 is 0. The largest absolute Gasteiger partial charge is 0.382 e. The van der Waals surface area contributed by atoms with E-state index in [0.29, 0.717) is 24.4 Å². The number of rotatable bonds is 7. The third kappa shape index (κ3) is 4.33. The van der Waals surface area contributed by atoms with E-state index in [0.717, 1.165) is 22.6 Å². The summed E-state index contributed by atoms with van der Waals surface area (Å²) in [5.74, 6) is 1.15. The van der Waals surface area contributed by atoms with Gasteiger partial charge in [-0.25, -0.2) is 14.8 Å². The predicted molar refractivity (Wildman–Crippen MR) is 93.4 cm³/mol. The van der Waals surface area contributed by atoms with Crippen molar-refractivity contribution < 1.29 is 18.6 Å². The number of nitrogens with zero attached hydrogens (tertiary/aromatic N) is 3. The van der Waals surface area contributed by atoms with Gasteiger partial charge in [-0.05, 0) is 37.8 Å². The summed E-state index contributed by atoms with van der Waals surface area (Å²) < 4.78 is 22.7. The van der Waals surface area contributed by atoms with Crippen LogP contribution in [0.15, 0.2) is 0 Å². The highest BCUT2D eigenvalue weighted by molar-refractivity contribution is 7.45. The van der Waals surface area contributed by atoms with Gasteiger partial charge in [-0.3, -0.25) is 5.09 Å². The van der Waals surface area contributed by atoms with E-state index < -0.39 is 14.6 Å². The fourth-order valence-corrected chi connectivity index (χ4v) is 3.09. The fraction of sp³-hybridized carbons (Fsp3) is 0.500. The minimum atomic E-state index is -2.08. The molecule has 0 aliphatic heterocycles. The van der Waals surface area contributed by atoms with Gasteiger partial charge in [0.05, 0.1) is 12.1 Å². The third-order valence-electron chi connectivity index (χ3n) is 3.71. The zero-order valence-corrected chi connectivity index (χ0v) is 15.5. The monoisotopic (exact) mass is 372 g/mol. The number of aromatic nitrogens is 3. The highest BCUT2D eigenvalue weighted by Gasteiger charge is 2.17. The molecule has 2 heterocycles. The normalized spacial score (nSPS) is 12.4. The number of nitrogens with two attached hydrogens (primary N) is 1. The molecule has 0 saturated heterocycles. The van der Waals surface area contributed by atoms with Crippen molar-refractivity contribution in [3.8, 4) is 0 Å². The Kier molecular flexibility index (Phi) is 6.46. The highest BCUT2D eigenvalue weighted by Crippen LogP contribution is 2.33. The van der Waals surface area contributed by atoms with Crippen molar-refractivity contribution in [3.63, 3.8) is 0 Å². The first kappa shape index (κ1) is 19.3. The molecule has 1 atom stereocenters. The topological polar surface area (TPSA) is 116 Å². The SMILES string of the molecule is CCOP(NC(=O)NCCn1c(C)nc2c(N)nc(C)c(C)c21)OF. The lowest BCUT2D eigenvalue weighted by Gasteiger charge is -2.14. The van der Waals surface area contributed by atoms with E-state index in [4.69, 9.17) is 10.3 Å². The van der Waals surface area contributed by atoms with Gasteiger partial charge in [0.15, 0.2) is 5.82 Å². The summed E-state index contributed by atoms with van der Waals surface area (Å²) in [5, 5.41) is 4.90. The number of nitrogens with one attached hydrogen (secondary N) is 2. The summed E-state index contributed by atoms with van der Waals surface area (Å²) in [5.41, 5.74) is 9.32. The van der Waals surface area contributed by atoms with Crippen molar-refractivity contribution in [2.24, 2.45) is 0 Å². The molecular formula is C14H22FN6O3P. The van der Waals surface area contributed by atoms with Crippen molar-refractivity contribution in [3.05, 3.63) is 17.1 Å². The van der Waals surface area contributed by atoms with E-state index in [-0.39, 0.29) is 6.61 Å². The number of fused-ring (bicyclic) bond motifs is 1. The van der Waals surface area contributed by atoms with Crippen LogP contribution in [0.3, 0.4) is 0 Å². The molecule has 0 radical (unpaired) electrons. The van der Waals surface area contributed by atoms with E-state index in [1.807, 2.05) is 25.3 Å². The Morgan fingerprint density at radius 3 is 2.72 bits per heavy atom. The maximum Gasteiger partial charge on any atom is 0.328 e. The molecule has 0 saturated carbocycles. The quantitative estimate of drug-likeness (QED) is 0.643. The molecule has 2 amide bonds. The first-order chi connectivity index (χ1) is 11.9. The Morgan fingerprint density at radius 1 is 1.36 bits per heavy atom. The molecule has 9 nitrogen and oxygen atoms in total.